The number of nitriles is 1. The minimum Gasteiger partial charge on any atom is -0.289 e. The molecule has 0 amide bonds. The van der Waals surface area contributed by atoms with Gasteiger partial charge in [0, 0.05) is 6.54 Å². The van der Waals surface area contributed by atoms with E-state index in [9.17, 15) is 0 Å². The van der Waals surface area contributed by atoms with Crippen molar-refractivity contribution in [3.05, 3.63) is 34.9 Å². The fraction of sp³-hybridized carbons (Fsp3) is 0.500. The molecule has 1 aromatic carbocycles. The summed E-state index contributed by atoms with van der Waals surface area (Å²) in [7, 11) is 1.99. The van der Waals surface area contributed by atoms with E-state index in [1.807, 2.05) is 11.9 Å². The smallest absolute Gasteiger partial charge is 0.0866 e. The molecule has 0 unspecified atom stereocenters. The topological polar surface area (TPSA) is 27.0 Å². The fourth-order valence-corrected chi connectivity index (χ4v) is 2.37. The molecule has 0 heterocycles. The first-order valence-electron chi connectivity index (χ1n) is 5.96. The Kier molecular flexibility index (Phi) is 3.58. The monoisotopic (exact) mass is 214 g/mol. The molecule has 0 atom stereocenters. The maximum absolute atomic E-state index is 8.62. The normalized spacial score (nSPS) is 14.6. The largest absolute Gasteiger partial charge is 0.289 e. The Hall–Kier alpha value is -1.33. The summed E-state index contributed by atoms with van der Waals surface area (Å²) in [6.07, 6.45) is 5.12. The highest BCUT2D eigenvalue weighted by Gasteiger charge is 2.09. The van der Waals surface area contributed by atoms with Crippen molar-refractivity contribution in [2.24, 2.45) is 0 Å². The number of aryl methyl sites for hydroxylation is 2. The van der Waals surface area contributed by atoms with Crippen molar-refractivity contribution in [2.75, 3.05) is 13.6 Å². The zero-order valence-corrected chi connectivity index (χ0v) is 9.87. The molecule has 0 fully saturated rings. The van der Waals surface area contributed by atoms with E-state index in [-0.39, 0.29) is 0 Å². The Morgan fingerprint density at radius 1 is 1.25 bits per heavy atom. The van der Waals surface area contributed by atoms with Crippen molar-refractivity contribution in [3.63, 3.8) is 0 Å². The van der Waals surface area contributed by atoms with Crippen molar-refractivity contribution >= 4 is 0 Å². The molecule has 2 rings (SSSR count). The molecule has 0 spiro atoms. The van der Waals surface area contributed by atoms with Crippen molar-refractivity contribution in [2.45, 2.75) is 32.2 Å². The molecule has 2 nitrogen and oxygen atoms in total. The van der Waals surface area contributed by atoms with Crippen LogP contribution in [0, 0.1) is 11.3 Å². The number of benzene rings is 1. The third kappa shape index (κ3) is 2.62. The molecular weight excluding hydrogens is 196 g/mol. The van der Waals surface area contributed by atoms with Gasteiger partial charge in [0.15, 0.2) is 0 Å². The molecule has 1 aliphatic carbocycles. The highest BCUT2D eigenvalue weighted by molar-refractivity contribution is 5.33. The van der Waals surface area contributed by atoms with Crippen LogP contribution in [0.3, 0.4) is 0 Å². The van der Waals surface area contributed by atoms with Gasteiger partial charge in [-0.3, -0.25) is 4.90 Å². The van der Waals surface area contributed by atoms with Crippen LogP contribution in [-0.4, -0.2) is 18.5 Å². The van der Waals surface area contributed by atoms with Gasteiger partial charge in [0.2, 0.25) is 0 Å². The Morgan fingerprint density at radius 3 is 2.75 bits per heavy atom. The highest BCUT2D eigenvalue weighted by Crippen LogP contribution is 2.22. The lowest BCUT2D eigenvalue weighted by Crippen LogP contribution is -2.18. The Bertz CT molecular complexity index is 404. The zero-order valence-electron chi connectivity index (χ0n) is 9.87. The van der Waals surface area contributed by atoms with Crippen LogP contribution in [0.2, 0.25) is 0 Å². The number of hydrogen-bond donors (Lipinski definition) is 0. The predicted molar refractivity (Wildman–Crippen MR) is 65.0 cm³/mol. The van der Waals surface area contributed by atoms with Gasteiger partial charge in [0.1, 0.15) is 0 Å². The van der Waals surface area contributed by atoms with Gasteiger partial charge in [-0.15, -0.1) is 0 Å². The Morgan fingerprint density at radius 2 is 2.00 bits per heavy atom. The summed E-state index contributed by atoms with van der Waals surface area (Å²) in [5.74, 6) is 0. The molecule has 0 radical (unpaired) electrons. The first kappa shape index (κ1) is 11.2. The van der Waals surface area contributed by atoms with Crippen molar-refractivity contribution in [1.82, 2.24) is 4.90 Å². The molecule has 2 heteroatoms. The summed E-state index contributed by atoms with van der Waals surface area (Å²) in [6.45, 7) is 1.37. The van der Waals surface area contributed by atoms with Crippen LogP contribution in [0.5, 0.6) is 0 Å². The van der Waals surface area contributed by atoms with E-state index in [1.165, 1.54) is 42.4 Å². The first-order chi connectivity index (χ1) is 7.79. The lowest BCUT2D eigenvalue weighted by Gasteiger charge is -2.18. The van der Waals surface area contributed by atoms with Crippen LogP contribution in [0.25, 0.3) is 0 Å². The molecule has 0 saturated carbocycles. The van der Waals surface area contributed by atoms with Crippen LogP contribution in [0.1, 0.15) is 29.5 Å². The molecule has 0 aromatic heterocycles. The molecular formula is C14H18N2. The number of fused-ring (bicyclic) bond motifs is 1. The van der Waals surface area contributed by atoms with Gasteiger partial charge in [-0.05, 0) is 49.4 Å². The fourth-order valence-electron chi connectivity index (χ4n) is 2.37. The van der Waals surface area contributed by atoms with Crippen LogP contribution in [0.4, 0.5) is 0 Å². The Balaban J connectivity index is 2.08. The van der Waals surface area contributed by atoms with Gasteiger partial charge in [0.25, 0.3) is 0 Å². The third-order valence-electron chi connectivity index (χ3n) is 3.21. The van der Waals surface area contributed by atoms with Crippen LogP contribution >= 0.6 is 0 Å². The molecule has 1 aromatic rings. The summed E-state index contributed by atoms with van der Waals surface area (Å²) in [5.41, 5.74) is 4.38. The van der Waals surface area contributed by atoms with Crippen LogP contribution in [-0.2, 0) is 19.4 Å². The SMILES string of the molecule is CN(CC#N)Cc1ccc2c(c1)CCCC2. The van der Waals surface area contributed by atoms with Crippen LogP contribution < -0.4 is 0 Å². The van der Waals surface area contributed by atoms with Crippen molar-refractivity contribution in [1.29, 1.82) is 5.26 Å². The quantitative estimate of drug-likeness (QED) is 0.723. The van der Waals surface area contributed by atoms with E-state index in [1.54, 1.807) is 0 Å². The number of rotatable bonds is 3. The summed E-state index contributed by atoms with van der Waals surface area (Å²) >= 11 is 0. The van der Waals surface area contributed by atoms with Crippen molar-refractivity contribution in [3.8, 4) is 6.07 Å². The minimum atomic E-state index is 0.497. The van der Waals surface area contributed by atoms with Gasteiger partial charge in [-0.2, -0.15) is 5.26 Å². The summed E-state index contributed by atoms with van der Waals surface area (Å²) in [4.78, 5) is 2.05. The maximum atomic E-state index is 8.62. The van der Waals surface area contributed by atoms with E-state index in [0.717, 1.165) is 6.54 Å². The second-order valence-corrected chi connectivity index (χ2v) is 4.64. The van der Waals surface area contributed by atoms with Gasteiger partial charge in [-0.1, -0.05) is 18.2 Å². The lowest BCUT2D eigenvalue weighted by atomic mass is 9.90. The molecule has 0 aliphatic heterocycles. The average molecular weight is 214 g/mol. The van der Waals surface area contributed by atoms with E-state index < -0.39 is 0 Å². The predicted octanol–water partition coefficient (Wildman–Crippen LogP) is 2.52. The van der Waals surface area contributed by atoms with E-state index >= 15 is 0 Å². The molecule has 16 heavy (non-hydrogen) atoms. The number of hydrogen-bond acceptors (Lipinski definition) is 2. The van der Waals surface area contributed by atoms with Gasteiger partial charge in [-0.25, -0.2) is 0 Å². The lowest BCUT2D eigenvalue weighted by molar-refractivity contribution is 0.367. The van der Waals surface area contributed by atoms with Crippen LogP contribution in [0.15, 0.2) is 18.2 Å². The summed E-state index contributed by atoms with van der Waals surface area (Å²) < 4.78 is 0. The average Bonchev–Trinajstić information content (AvgIpc) is 2.29. The molecule has 0 saturated heterocycles. The summed E-state index contributed by atoms with van der Waals surface area (Å²) in [6, 6.07) is 8.97. The molecule has 84 valence electrons. The van der Waals surface area contributed by atoms with Crippen molar-refractivity contribution < 1.29 is 0 Å². The maximum Gasteiger partial charge on any atom is 0.0866 e. The van der Waals surface area contributed by atoms with E-state index in [4.69, 9.17) is 5.26 Å². The second-order valence-electron chi connectivity index (χ2n) is 4.64. The van der Waals surface area contributed by atoms with Gasteiger partial charge < -0.3 is 0 Å². The molecule has 0 bridgehead atoms. The standard InChI is InChI=1S/C14H18N2/c1-16(9-8-15)11-12-6-7-13-4-2-3-5-14(13)10-12/h6-7,10H,2-5,9,11H2,1H3. The molecule has 0 N–H and O–H groups in total. The summed E-state index contributed by atoms with van der Waals surface area (Å²) in [5, 5.41) is 8.62. The Labute approximate surface area is 97.5 Å². The second kappa shape index (κ2) is 5.14. The highest BCUT2D eigenvalue weighted by atomic mass is 15.1. The van der Waals surface area contributed by atoms with Gasteiger partial charge >= 0.3 is 0 Å². The van der Waals surface area contributed by atoms with E-state index in [2.05, 4.69) is 24.3 Å². The zero-order chi connectivity index (χ0) is 11.4. The van der Waals surface area contributed by atoms with Gasteiger partial charge in [0.05, 0.1) is 12.6 Å². The molecule has 1 aliphatic rings. The first-order valence-corrected chi connectivity index (χ1v) is 5.96. The minimum absolute atomic E-state index is 0.497. The third-order valence-corrected chi connectivity index (χ3v) is 3.21. The van der Waals surface area contributed by atoms with E-state index in [0.29, 0.717) is 6.54 Å². The number of nitrogens with zero attached hydrogens (tertiary/aromatic N) is 2.